The van der Waals surface area contributed by atoms with Crippen molar-refractivity contribution in [3.05, 3.63) is 23.8 Å². The number of aliphatic carboxylic acids is 1. The highest BCUT2D eigenvalue weighted by atomic mass is 16.5. The first-order chi connectivity index (χ1) is 8.13. The molecule has 0 aliphatic rings. The Kier molecular flexibility index (Phi) is 4.78. The fourth-order valence-electron chi connectivity index (χ4n) is 1.76. The third-order valence-electron chi connectivity index (χ3n) is 2.58. The van der Waals surface area contributed by atoms with Crippen LogP contribution in [0.5, 0.6) is 11.5 Å². The van der Waals surface area contributed by atoms with Crippen LogP contribution in [-0.2, 0) is 4.79 Å². The maximum atomic E-state index is 10.8. The van der Waals surface area contributed by atoms with Crippen LogP contribution in [0.15, 0.2) is 18.2 Å². The number of nitrogens with two attached hydrogens (primary N) is 1. The fraction of sp³-hybridized carbons (Fsp3) is 0.417. The molecule has 1 aromatic rings. The molecular formula is C12H17NO4. The minimum absolute atomic E-state index is 0.0278. The Morgan fingerprint density at radius 2 is 2.12 bits per heavy atom. The van der Waals surface area contributed by atoms with Gasteiger partial charge in [-0.05, 0) is 12.6 Å². The van der Waals surface area contributed by atoms with Crippen molar-refractivity contribution in [1.29, 1.82) is 0 Å². The van der Waals surface area contributed by atoms with Crippen molar-refractivity contribution in [3.8, 4) is 11.5 Å². The molecule has 0 spiro atoms. The second-order valence-corrected chi connectivity index (χ2v) is 3.61. The van der Waals surface area contributed by atoms with E-state index in [1.165, 1.54) is 14.2 Å². The van der Waals surface area contributed by atoms with E-state index in [0.29, 0.717) is 11.5 Å². The minimum Gasteiger partial charge on any atom is -0.493 e. The molecule has 94 valence electrons. The lowest BCUT2D eigenvalue weighted by molar-refractivity contribution is -0.137. The van der Waals surface area contributed by atoms with Gasteiger partial charge in [0.1, 0.15) is 0 Å². The van der Waals surface area contributed by atoms with Crippen molar-refractivity contribution >= 4 is 5.97 Å². The molecule has 0 unspecified atom stereocenters. The van der Waals surface area contributed by atoms with E-state index in [0.717, 1.165) is 5.56 Å². The van der Waals surface area contributed by atoms with Crippen molar-refractivity contribution in [1.82, 2.24) is 0 Å². The summed E-state index contributed by atoms with van der Waals surface area (Å²) in [5, 5.41) is 8.84. The smallest absolute Gasteiger partial charge is 0.304 e. The van der Waals surface area contributed by atoms with Crippen LogP contribution < -0.4 is 15.2 Å². The quantitative estimate of drug-likeness (QED) is 0.780. The van der Waals surface area contributed by atoms with Gasteiger partial charge in [-0.2, -0.15) is 0 Å². The van der Waals surface area contributed by atoms with Gasteiger partial charge in [0, 0.05) is 11.5 Å². The molecule has 0 aromatic heterocycles. The van der Waals surface area contributed by atoms with Gasteiger partial charge in [-0.15, -0.1) is 0 Å². The third-order valence-corrected chi connectivity index (χ3v) is 2.58. The highest BCUT2D eigenvalue weighted by molar-refractivity contribution is 5.68. The van der Waals surface area contributed by atoms with E-state index in [1.807, 2.05) is 6.07 Å². The molecular weight excluding hydrogens is 222 g/mol. The average molecular weight is 239 g/mol. The molecule has 0 radical (unpaired) electrons. The molecule has 0 aliphatic heterocycles. The maximum absolute atomic E-state index is 10.8. The van der Waals surface area contributed by atoms with Crippen LogP contribution in [-0.4, -0.2) is 31.8 Å². The van der Waals surface area contributed by atoms with Crippen molar-refractivity contribution in [2.24, 2.45) is 5.73 Å². The summed E-state index contributed by atoms with van der Waals surface area (Å²) < 4.78 is 10.4. The molecule has 0 saturated heterocycles. The molecule has 0 amide bonds. The van der Waals surface area contributed by atoms with Crippen LogP contribution in [0.2, 0.25) is 0 Å². The van der Waals surface area contributed by atoms with Crippen LogP contribution in [0.25, 0.3) is 0 Å². The van der Waals surface area contributed by atoms with Crippen LogP contribution >= 0.6 is 0 Å². The van der Waals surface area contributed by atoms with Crippen LogP contribution in [0.4, 0.5) is 0 Å². The zero-order valence-corrected chi connectivity index (χ0v) is 9.97. The molecule has 0 bridgehead atoms. The van der Waals surface area contributed by atoms with Crippen molar-refractivity contribution < 1.29 is 19.4 Å². The molecule has 3 N–H and O–H groups in total. The Morgan fingerprint density at radius 3 is 2.59 bits per heavy atom. The Labute approximate surface area is 100 Å². The van der Waals surface area contributed by atoms with Gasteiger partial charge < -0.3 is 20.3 Å². The van der Waals surface area contributed by atoms with E-state index in [9.17, 15) is 4.79 Å². The summed E-state index contributed by atoms with van der Waals surface area (Å²) in [6.07, 6.45) is -0.0278. The number of carboxylic acids is 1. The maximum Gasteiger partial charge on any atom is 0.304 e. The van der Waals surface area contributed by atoms with Gasteiger partial charge in [-0.25, -0.2) is 0 Å². The number of hydrogen-bond donors (Lipinski definition) is 2. The summed E-state index contributed by atoms with van der Waals surface area (Å²) >= 11 is 0. The summed E-state index contributed by atoms with van der Waals surface area (Å²) in [6, 6.07) is 5.36. The molecule has 1 rings (SSSR count). The van der Waals surface area contributed by atoms with Gasteiger partial charge >= 0.3 is 5.97 Å². The Bertz CT molecular complexity index is 392. The van der Waals surface area contributed by atoms with Crippen molar-refractivity contribution in [2.75, 3.05) is 20.8 Å². The van der Waals surface area contributed by atoms with Gasteiger partial charge in [-0.1, -0.05) is 12.1 Å². The number of carboxylic acid groups (broad SMARTS) is 1. The van der Waals surface area contributed by atoms with Gasteiger partial charge in [0.25, 0.3) is 0 Å². The zero-order valence-electron chi connectivity index (χ0n) is 9.97. The van der Waals surface area contributed by atoms with E-state index in [-0.39, 0.29) is 18.9 Å². The summed E-state index contributed by atoms with van der Waals surface area (Å²) in [4.78, 5) is 10.8. The summed E-state index contributed by atoms with van der Waals surface area (Å²) in [5.74, 6) is -0.0385. The SMILES string of the molecule is COc1cccc([C@H](CN)CC(=O)O)c1OC. The molecule has 0 aliphatic carbocycles. The number of rotatable bonds is 6. The zero-order chi connectivity index (χ0) is 12.8. The average Bonchev–Trinajstić information content (AvgIpc) is 2.34. The molecule has 0 heterocycles. The standard InChI is InChI=1S/C12H17NO4/c1-16-10-5-3-4-9(12(10)17-2)8(7-13)6-11(14)15/h3-5,8H,6-7,13H2,1-2H3,(H,14,15)/t8-/m0/s1. The number of benzene rings is 1. The lowest BCUT2D eigenvalue weighted by Crippen LogP contribution is -2.17. The lowest BCUT2D eigenvalue weighted by atomic mass is 9.94. The predicted octanol–water partition coefficient (Wildman–Crippen LogP) is 1.22. The van der Waals surface area contributed by atoms with Gasteiger partial charge in [-0.3, -0.25) is 4.79 Å². The normalized spacial score (nSPS) is 11.9. The van der Waals surface area contributed by atoms with E-state index in [2.05, 4.69) is 0 Å². The van der Waals surface area contributed by atoms with Crippen molar-refractivity contribution in [2.45, 2.75) is 12.3 Å². The highest BCUT2D eigenvalue weighted by Gasteiger charge is 2.20. The Hall–Kier alpha value is -1.75. The first-order valence-corrected chi connectivity index (χ1v) is 5.26. The third kappa shape index (κ3) is 3.10. The highest BCUT2D eigenvalue weighted by Crippen LogP contribution is 2.36. The number of carbonyl (C=O) groups is 1. The van der Waals surface area contributed by atoms with E-state index >= 15 is 0 Å². The Morgan fingerprint density at radius 1 is 1.41 bits per heavy atom. The second-order valence-electron chi connectivity index (χ2n) is 3.61. The van der Waals surface area contributed by atoms with Crippen LogP contribution in [0, 0.1) is 0 Å². The summed E-state index contributed by atoms with van der Waals surface area (Å²) in [5.41, 5.74) is 6.37. The number of para-hydroxylation sites is 1. The monoisotopic (exact) mass is 239 g/mol. The largest absolute Gasteiger partial charge is 0.493 e. The van der Waals surface area contributed by atoms with Gasteiger partial charge in [0.05, 0.1) is 20.6 Å². The van der Waals surface area contributed by atoms with Crippen LogP contribution in [0.3, 0.4) is 0 Å². The van der Waals surface area contributed by atoms with Gasteiger partial charge in [0.15, 0.2) is 11.5 Å². The Balaban J connectivity index is 3.13. The first kappa shape index (κ1) is 13.3. The second kappa shape index (κ2) is 6.10. The molecule has 0 saturated carbocycles. The summed E-state index contributed by atoms with van der Waals surface area (Å²) in [7, 11) is 3.06. The predicted molar refractivity (Wildman–Crippen MR) is 63.6 cm³/mol. The molecule has 1 aromatic carbocycles. The number of ether oxygens (including phenoxy) is 2. The molecule has 17 heavy (non-hydrogen) atoms. The molecule has 5 nitrogen and oxygen atoms in total. The van der Waals surface area contributed by atoms with E-state index in [4.69, 9.17) is 20.3 Å². The topological polar surface area (TPSA) is 81.8 Å². The molecule has 1 atom stereocenters. The number of methoxy groups -OCH3 is 2. The fourth-order valence-corrected chi connectivity index (χ4v) is 1.76. The summed E-state index contributed by atoms with van der Waals surface area (Å²) in [6.45, 7) is 0.246. The molecule has 5 heteroatoms. The molecule has 0 fully saturated rings. The van der Waals surface area contributed by atoms with Crippen LogP contribution in [0.1, 0.15) is 17.9 Å². The minimum atomic E-state index is -0.884. The van der Waals surface area contributed by atoms with Gasteiger partial charge in [0.2, 0.25) is 0 Å². The number of hydrogen-bond acceptors (Lipinski definition) is 4. The first-order valence-electron chi connectivity index (χ1n) is 5.26. The van der Waals surface area contributed by atoms with E-state index in [1.54, 1.807) is 12.1 Å². The van der Waals surface area contributed by atoms with E-state index < -0.39 is 5.97 Å². The van der Waals surface area contributed by atoms with Crippen molar-refractivity contribution in [3.63, 3.8) is 0 Å². The lowest BCUT2D eigenvalue weighted by Gasteiger charge is -2.18.